The summed E-state index contributed by atoms with van der Waals surface area (Å²) in [5.41, 5.74) is 6.53. The van der Waals surface area contributed by atoms with E-state index in [0.29, 0.717) is 5.41 Å². The molecule has 0 radical (unpaired) electrons. The lowest BCUT2D eigenvalue weighted by Gasteiger charge is -2.20. The zero-order chi connectivity index (χ0) is 13.3. The average Bonchev–Trinajstić information content (AvgIpc) is 2.67. The highest BCUT2D eigenvalue weighted by molar-refractivity contribution is 7.19. The summed E-state index contributed by atoms with van der Waals surface area (Å²) in [6.07, 6.45) is 2.07. The van der Waals surface area contributed by atoms with Crippen LogP contribution in [0.15, 0.2) is 24.3 Å². The molecule has 0 bridgehead atoms. The Bertz CT molecular complexity index is 539. The quantitative estimate of drug-likeness (QED) is 0.842. The van der Waals surface area contributed by atoms with E-state index in [0.717, 1.165) is 27.8 Å². The molecular formula is C15H20FNS. The Morgan fingerprint density at radius 3 is 2.67 bits per heavy atom. The van der Waals surface area contributed by atoms with Crippen LogP contribution in [0.25, 0.3) is 10.1 Å². The van der Waals surface area contributed by atoms with Gasteiger partial charge in [-0.05, 0) is 41.8 Å². The van der Waals surface area contributed by atoms with Crippen LogP contribution in [0.1, 0.15) is 44.5 Å². The Kier molecular flexibility index (Phi) is 3.74. The maximum atomic E-state index is 13.1. The zero-order valence-electron chi connectivity index (χ0n) is 11.2. The first-order valence-electron chi connectivity index (χ1n) is 6.30. The van der Waals surface area contributed by atoms with E-state index in [1.54, 1.807) is 17.4 Å². The fourth-order valence-corrected chi connectivity index (χ4v) is 3.06. The van der Waals surface area contributed by atoms with Gasteiger partial charge in [-0.15, -0.1) is 11.3 Å². The Hall–Kier alpha value is -0.930. The molecule has 1 aromatic heterocycles. The third-order valence-corrected chi connectivity index (χ3v) is 4.30. The SMILES string of the molecule is CC(C)(C)CCC(N)c1cc2ccc(F)cc2s1. The maximum absolute atomic E-state index is 13.1. The van der Waals surface area contributed by atoms with Crippen LogP contribution >= 0.6 is 11.3 Å². The van der Waals surface area contributed by atoms with Crippen molar-refractivity contribution in [3.05, 3.63) is 35.0 Å². The molecule has 2 aromatic rings. The monoisotopic (exact) mass is 265 g/mol. The third-order valence-electron chi connectivity index (χ3n) is 3.07. The molecule has 0 amide bonds. The van der Waals surface area contributed by atoms with Gasteiger partial charge in [0, 0.05) is 15.6 Å². The molecule has 2 rings (SSSR count). The molecule has 2 N–H and O–H groups in total. The number of fused-ring (bicyclic) bond motifs is 1. The number of hydrogen-bond acceptors (Lipinski definition) is 2. The fourth-order valence-electron chi connectivity index (χ4n) is 1.94. The van der Waals surface area contributed by atoms with Crippen molar-refractivity contribution >= 4 is 21.4 Å². The van der Waals surface area contributed by atoms with Gasteiger partial charge in [-0.25, -0.2) is 4.39 Å². The van der Waals surface area contributed by atoms with Gasteiger partial charge in [0.25, 0.3) is 0 Å². The van der Waals surface area contributed by atoms with Crippen molar-refractivity contribution in [2.45, 2.75) is 39.7 Å². The van der Waals surface area contributed by atoms with Crippen LogP contribution in [0, 0.1) is 11.2 Å². The molecule has 1 unspecified atom stereocenters. The largest absolute Gasteiger partial charge is 0.323 e. The molecule has 1 heterocycles. The van der Waals surface area contributed by atoms with E-state index in [2.05, 4.69) is 26.8 Å². The molecule has 0 saturated carbocycles. The summed E-state index contributed by atoms with van der Waals surface area (Å²) >= 11 is 1.61. The molecule has 0 aliphatic rings. The van der Waals surface area contributed by atoms with E-state index in [9.17, 15) is 4.39 Å². The second-order valence-electron chi connectivity index (χ2n) is 6.04. The highest BCUT2D eigenvalue weighted by Crippen LogP contribution is 2.33. The van der Waals surface area contributed by atoms with E-state index in [4.69, 9.17) is 5.73 Å². The zero-order valence-corrected chi connectivity index (χ0v) is 12.0. The molecule has 0 saturated heterocycles. The lowest BCUT2D eigenvalue weighted by Crippen LogP contribution is -2.13. The summed E-state index contributed by atoms with van der Waals surface area (Å²) in [4.78, 5) is 1.15. The average molecular weight is 265 g/mol. The smallest absolute Gasteiger partial charge is 0.124 e. The van der Waals surface area contributed by atoms with Gasteiger partial charge in [0.2, 0.25) is 0 Å². The first kappa shape index (κ1) is 13.5. The van der Waals surface area contributed by atoms with Crippen molar-refractivity contribution < 1.29 is 4.39 Å². The molecule has 0 spiro atoms. The Labute approximate surface area is 112 Å². The van der Waals surface area contributed by atoms with Crippen molar-refractivity contribution in [1.29, 1.82) is 0 Å². The van der Waals surface area contributed by atoms with Crippen LogP contribution in [0.4, 0.5) is 4.39 Å². The number of thiophene rings is 1. The van der Waals surface area contributed by atoms with E-state index in [1.165, 1.54) is 6.07 Å². The van der Waals surface area contributed by atoms with Gasteiger partial charge < -0.3 is 5.73 Å². The van der Waals surface area contributed by atoms with Crippen LogP contribution < -0.4 is 5.73 Å². The Morgan fingerprint density at radius 2 is 2.00 bits per heavy atom. The minimum atomic E-state index is -0.181. The standard InChI is InChI=1S/C15H20FNS/c1-15(2,3)7-6-12(17)14-8-10-4-5-11(16)9-13(10)18-14/h4-5,8-9,12H,6-7,17H2,1-3H3. The molecule has 18 heavy (non-hydrogen) atoms. The highest BCUT2D eigenvalue weighted by atomic mass is 32.1. The highest BCUT2D eigenvalue weighted by Gasteiger charge is 2.15. The number of rotatable bonds is 3. The van der Waals surface area contributed by atoms with E-state index in [-0.39, 0.29) is 11.9 Å². The topological polar surface area (TPSA) is 26.0 Å². The number of benzene rings is 1. The van der Waals surface area contributed by atoms with Crippen LogP contribution in [-0.4, -0.2) is 0 Å². The molecular weight excluding hydrogens is 245 g/mol. The predicted molar refractivity (Wildman–Crippen MR) is 77.4 cm³/mol. The second-order valence-corrected chi connectivity index (χ2v) is 7.15. The summed E-state index contributed by atoms with van der Waals surface area (Å²) < 4.78 is 14.1. The van der Waals surface area contributed by atoms with Crippen LogP contribution in [0.2, 0.25) is 0 Å². The van der Waals surface area contributed by atoms with Crippen LogP contribution in [0.5, 0.6) is 0 Å². The summed E-state index contributed by atoms with van der Waals surface area (Å²) in [7, 11) is 0. The Balaban J connectivity index is 2.15. The second kappa shape index (κ2) is 4.98. The Morgan fingerprint density at radius 1 is 1.28 bits per heavy atom. The lowest BCUT2D eigenvalue weighted by molar-refractivity contribution is 0.351. The van der Waals surface area contributed by atoms with E-state index < -0.39 is 0 Å². The predicted octanol–water partition coefficient (Wildman–Crippen LogP) is 4.87. The molecule has 1 nitrogen and oxygen atoms in total. The van der Waals surface area contributed by atoms with Gasteiger partial charge in [0.05, 0.1) is 0 Å². The van der Waals surface area contributed by atoms with Gasteiger partial charge in [-0.1, -0.05) is 26.8 Å². The van der Waals surface area contributed by atoms with Gasteiger partial charge in [0.1, 0.15) is 5.82 Å². The summed E-state index contributed by atoms with van der Waals surface area (Å²) in [5, 5.41) is 1.09. The normalized spacial score (nSPS) is 14.1. The molecule has 1 atom stereocenters. The van der Waals surface area contributed by atoms with E-state index >= 15 is 0 Å². The summed E-state index contributed by atoms with van der Waals surface area (Å²) in [6.45, 7) is 6.67. The van der Waals surface area contributed by atoms with Crippen molar-refractivity contribution in [1.82, 2.24) is 0 Å². The number of halogens is 1. The first-order chi connectivity index (χ1) is 8.35. The fraction of sp³-hybridized carbons (Fsp3) is 0.467. The van der Waals surface area contributed by atoms with Crippen molar-refractivity contribution in [3.63, 3.8) is 0 Å². The molecule has 0 aliphatic carbocycles. The van der Waals surface area contributed by atoms with Gasteiger partial charge in [-0.3, -0.25) is 0 Å². The minimum Gasteiger partial charge on any atom is -0.323 e. The van der Waals surface area contributed by atoms with Crippen molar-refractivity contribution in [2.75, 3.05) is 0 Å². The summed E-state index contributed by atoms with van der Waals surface area (Å²) in [6, 6.07) is 7.05. The van der Waals surface area contributed by atoms with Crippen LogP contribution in [0.3, 0.4) is 0 Å². The number of hydrogen-bond donors (Lipinski definition) is 1. The summed E-state index contributed by atoms with van der Waals surface area (Å²) in [5.74, 6) is -0.181. The molecule has 98 valence electrons. The van der Waals surface area contributed by atoms with E-state index in [1.807, 2.05) is 6.07 Å². The molecule has 3 heteroatoms. The van der Waals surface area contributed by atoms with Gasteiger partial charge in [-0.2, -0.15) is 0 Å². The van der Waals surface area contributed by atoms with Gasteiger partial charge >= 0.3 is 0 Å². The molecule has 0 aliphatic heterocycles. The molecule has 1 aromatic carbocycles. The first-order valence-corrected chi connectivity index (χ1v) is 7.11. The third kappa shape index (κ3) is 3.30. The molecule has 0 fully saturated rings. The number of nitrogens with two attached hydrogens (primary N) is 1. The van der Waals surface area contributed by atoms with Crippen molar-refractivity contribution in [3.8, 4) is 0 Å². The minimum absolute atomic E-state index is 0.0599. The lowest BCUT2D eigenvalue weighted by atomic mass is 9.88. The van der Waals surface area contributed by atoms with Crippen molar-refractivity contribution in [2.24, 2.45) is 11.1 Å². The maximum Gasteiger partial charge on any atom is 0.124 e. The van der Waals surface area contributed by atoms with Crippen LogP contribution in [-0.2, 0) is 0 Å². The van der Waals surface area contributed by atoms with Gasteiger partial charge in [0.15, 0.2) is 0 Å².